The number of aliphatic hydroxyl groups is 5. The van der Waals surface area contributed by atoms with E-state index in [-0.39, 0.29) is 12.5 Å². The summed E-state index contributed by atoms with van der Waals surface area (Å²) in [5.74, 6) is -0.229. The summed E-state index contributed by atoms with van der Waals surface area (Å²) in [5, 5.41) is 53.3. The topological polar surface area (TPSA) is 149 Å². The van der Waals surface area contributed by atoms with Crippen LogP contribution >= 0.6 is 0 Å². The number of allylic oxidation sites excluding steroid dienone is 19. The molecular weight excluding hydrogens is 719 g/mol. The highest BCUT2D eigenvalue weighted by Gasteiger charge is 2.44. The maximum Gasteiger partial charge on any atom is 0.220 e. The second-order valence-corrected chi connectivity index (χ2v) is 14.0. The Morgan fingerprint density at radius 2 is 1.09 bits per heavy atom. The molecule has 1 heterocycles. The van der Waals surface area contributed by atoms with Gasteiger partial charge < -0.3 is 40.3 Å². The fourth-order valence-electron chi connectivity index (χ4n) is 5.62. The quantitative estimate of drug-likeness (QED) is 0.0294. The number of amides is 1. The smallest absolute Gasteiger partial charge is 0.220 e. The average Bonchev–Trinajstić information content (AvgIpc) is 3.21. The van der Waals surface area contributed by atoms with E-state index in [1.165, 1.54) is 0 Å². The normalized spacial score (nSPS) is 22.3. The van der Waals surface area contributed by atoms with E-state index >= 15 is 0 Å². The number of carbonyl (C=O) groups excluding carboxylic acids is 1. The van der Waals surface area contributed by atoms with Gasteiger partial charge in [0.15, 0.2) is 6.29 Å². The van der Waals surface area contributed by atoms with Crippen molar-refractivity contribution in [1.29, 1.82) is 0 Å². The summed E-state index contributed by atoms with van der Waals surface area (Å²) in [6, 6.07) is -0.827. The Bertz CT molecular complexity index is 1290. The molecule has 0 bridgehead atoms. The summed E-state index contributed by atoms with van der Waals surface area (Å²) >= 11 is 0. The molecule has 7 atom stereocenters. The fraction of sp³-hybridized carbons (Fsp3) is 0.562. The Kier molecular flexibility index (Phi) is 33.4. The summed E-state index contributed by atoms with van der Waals surface area (Å²) in [7, 11) is 0. The first-order chi connectivity index (χ1) is 27.8. The first-order valence-corrected chi connectivity index (χ1v) is 21.3. The molecular formula is C48H75NO8. The predicted molar refractivity (Wildman–Crippen MR) is 234 cm³/mol. The molecule has 1 rings (SSSR count). The number of carbonyl (C=O) groups is 1. The first-order valence-electron chi connectivity index (χ1n) is 21.3. The van der Waals surface area contributed by atoms with Crippen LogP contribution in [0.1, 0.15) is 117 Å². The number of ether oxygens (including phenoxy) is 2. The summed E-state index contributed by atoms with van der Waals surface area (Å²) in [4.78, 5) is 12.7. The van der Waals surface area contributed by atoms with E-state index in [1.807, 2.05) is 13.0 Å². The van der Waals surface area contributed by atoms with Crippen molar-refractivity contribution in [3.63, 3.8) is 0 Å². The van der Waals surface area contributed by atoms with Crippen LogP contribution in [0.3, 0.4) is 0 Å². The molecule has 0 spiro atoms. The van der Waals surface area contributed by atoms with E-state index in [0.29, 0.717) is 12.8 Å². The largest absolute Gasteiger partial charge is 0.394 e. The monoisotopic (exact) mass is 794 g/mol. The van der Waals surface area contributed by atoms with E-state index in [9.17, 15) is 30.3 Å². The number of unbranched alkanes of at least 4 members (excludes halogenated alkanes) is 4. The molecule has 9 heteroatoms. The highest BCUT2D eigenvalue weighted by Crippen LogP contribution is 2.22. The maximum absolute atomic E-state index is 12.7. The summed E-state index contributed by atoms with van der Waals surface area (Å²) in [6.45, 7) is 3.37. The third kappa shape index (κ3) is 27.8. The van der Waals surface area contributed by atoms with Crippen molar-refractivity contribution in [3.05, 3.63) is 122 Å². The Morgan fingerprint density at radius 3 is 1.54 bits per heavy atom. The van der Waals surface area contributed by atoms with Crippen molar-refractivity contribution >= 4 is 5.91 Å². The van der Waals surface area contributed by atoms with Gasteiger partial charge in [-0.2, -0.15) is 0 Å². The molecule has 1 aliphatic heterocycles. The Labute approximate surface area is 344 Å². The third-order valence-electron chi connectivity index (χ3n) is 9.02. The van der Waals surface area contributed by atoms with Crippen molar-refractivity contribution < 1.29 is 39.8 Å². The number of aliphatic hydroxyl groups excluding tert-OH is 5. The molecule has 320 valence electrons. The standard InChI is InChI=1S/C48H75NO8/c1-3-5-7-8-9-10-11-12-13-14-15-16-17-18-19-20-21-22-23-24-25-26-27-28-29-30-31-32-33-34-36-38-44(52)49-41(42(51)37-35-6-4-2)40-56-48-47(55)46(54)45(53)43(39-50)57-48/h5,7,9-10,12-13,15-16,18-19,21-22,24-25,27-28,30-31,35,37,41-43,45-48,50-51,53-55H,3-4,6,8,11,14,17,20,23,26,29,32-34,36,38-40H2,1-2H3,(H,49,52)/b7-5-,10-9-,13-12-,16-15-,19-18-,22-21-,25-24-,28-27-,31-30-,37-35+. The number of hydrogen-bond donors (Lipinski definition) is 6. The minimum absolute atomic E-state index is 0.216. The molecule has 1 aliphatic rings. The van der Waals surface area contributed by atoms with Crippen molar-refractivity contribution in [3.8, 4) is 0 Å². The molecule has 6 N–H and O–H groups in total. The predicted octanol–water partition coefficient (Wildman–Crippen LogP) is 8.49. The highest BCUT2D eigenvalue weighted by atomic mass is 16.7. The molecule has 0 aromatic rings. The van der Waals surface area contributed by atoms with E-state index in [1.54, 1.807) is 6.08 Å². The van der Waals surface area contributed by atoms with E-state index < -0.39 is 49.5 Å². The van der Waals surface area contributed by atoms with Crippen LogP contribution in [0, 0.1) is 0 Å². The third-order valence-corrected chi connectivity index (χ3v) is 9.02. The zero-order chi connectivity index (χ0) is 41.6. The van der Waals surface area contributed by atoms with E-state index in [4.69, 9.17) is 9.47 Å². The zero-order valence-electron chi connectivity index (χ0n) is 34.8. The molecule has 0 aliphatic carbocycles. The second kappa shape index (κ2) is 36.9. The lowest BCUT2D eigenvalue weighted by atomic mass is 9.99. The van der Waals surface area contributed by atoms with Crippen LogP contribution in [0.4, 0.5) is 0 Å². The van der Waals surface area contributed by atoms with Crippen molar-refractivity contribution in [1.82, 2.24) is 5.32 Å². The van der Waals surface area contributed by atoms with E-state index in [2.05, 4.69) is 122 Å². The van der Waals surface area contributed by atoms with Gasteiger partial charge in [-0.3, -0.25) is 4.79 Å². The molecule has 1 amide bonds. The molecule has 0 saturated carbocycles. The molecule has 1 fully saturated rings. The van der Waals surface area contributed by atoms with Crippen LogP contribution in [-0.2, 0) is 14.3 Å². The minimum Gasteiger partial charge on any atom is -0.394 e. The average molecular weight is 794 g/mol. The van der Waals surface area contributed by atoms with Gasteiger partial charge in [0.2, 0.25) is 5.91 Å². The Balaban J connectivity index is 2.17. The van der Waals surface area contributed by atoms with Crippen LogP contribution in [-0.4, -0.2) is 87.5 Å². The molecule has 1 saturated heterocycles. The van der Waals surface area contributed by atoms with E-state index in [0.717, 1.165) is 89.9 Å². The SMILES string of the molecule is CC/C=C\C/C=C\C/C=C\C/C=C\C/C=C\C/C=C\C/C=C\C/C=C\C/C=C\CCCCCC(=O)NC(COC1OC(CO)C(O)C(O)C1O)C(O)/C=C/CCC. The van der Waals surface area contributed by atoms with Gasteiger partial charge in [-0.25, -0.2) is 0 Å². The fourth-order valence-corrected chi connectivity index (χ4v) is 5.62. The van der Waals surface area contributed by atoms with Gasteiger partial charge in [-0.15, -0.1) is 0 Å². The minimum atomic E-state index is -1.58. The van der Waals surface area contributed by atoms with Crippen LogP contribution in [0.5, 0.6) is 0 Å². The van der Waals surface area contributed by atoms with Crippen molar-refractivity contribution in [2.45, 2.75) is 159 Å². The molecule has 9 nitrogen and oxygen atoms in total. The maximum atomic E-state index is 12.7. The Hall–Kier alpha value is -3.41. The lowest BCUT2D eigenvalue weighted by molar-refractivity contribution is -0.302. The van der Waals surface area contributed by atoms with Gasteiger partial charge in [0.1, 0.15) is 24.4 Å². The van der Waals surface area contributed by atoms with Gasteiger partial charge in [0, 0.05) is 6.42 Å². The van der Waals surface area contributed by atoms with Gasteiger partial charge in [-0.1, -0.05) is 148 Å². The second-order valence-electron chi connectivity index (χ2n) is 14.0. The highest BCUT2D eigenvalue weighted by molar-refractivity contribution is 5.76. The lowest BCUT2D eigenvalue weighted by Crippen LogP contribution is -2.60. The summed E-state index contributed by atoms with van der Waals surface area (Å²) < 4.78 is 11.0. The van der Waals surface area contributed by atoms with Gasteiger partial charge in [-0.05, 0) is 83.5 Å². The number of rotatable bonds is 32. The van der Waals surface area contributed by atoms with Gasteiger partial charge in [0.05, 0.1) is 25.4 Å². The summed E-state index contributed by atoms with van der Waals surface area (Å²) in [6.07, 6.45) is 49.2. The molecule has 0 aromatic heterocycles. The van der Waals surface area contributed by atoms with Crippen LogP contribution < -0.4 is 5.32 Å². The Morgan fingerprint density at radius 1 is 0.614 bits per heavy atom. The van der Waals surface area contributed by atoms with Crippen molar-refractivity contribution in [2.75, 3.05) is 13.2 Å². The van der Waals surface area contributed by atoms with Gasteiger partial charge >= 0.3 is 0 Å². The number of nitrogens with one attached hydrogen (secondary N) is 1. The van der Waals surface area contributed by atoms with Crippen LogP contribution in [0.25, 0.3) is 0 Å². The molecule has 57 heavy (non-hydrogen) atoms. The first kappa shape index (κ1) is 51.6. The van der Waals surface area contributed by atoms with Crippen LogP contribution in [0.2, 0.25) is 0 Å². The van der Waals surface area contributed by atoms with Crippen molar-refractivity contribution in [2.24, 2.45) is 0 Å². The zero-order valence-corrected chi connectivity index (χ0v) is 34.8. The lowest BCUT2D eigenvalue weighted by Gasteiger charge is -2.40. The molecule has 7 unspecified atom stereocenters. The van der Waals surface area contributed by atoms with Gasteiger partial charge in [0.25, 0.3) is 0 Å². The molecule has 0 radical (unpaired) electrons. The number of hydrogen-bond acceptors (Lipinski definition) is 8. The van der Waals surface area contributed by atoms with Crippen LogP contribution in [0.15, 0.2) is 122 Å². The summed E-state index contributed by atoms with van der Waals surface area (Å²) in [5.41, 5.74) is 0. The molecule has 0 aromatic carbocycles.